The fraction of sp³-hybridized carbons (Fsp3) is 0.812. The minimum Gasteiger partial charge on any atom is -0.461 e. The minimum atomic E-state index is -0.128. The van der Waals surface area contributed by atoms with E-state index in [4.69, 9.17) is 4.74 Å². The van der Waals surface area contributed by atoms with Crippen molar-refractivity contribution in [1.82, 2.24) is 0 Å². The number of ether oxygens (including phenoxy) is 1. The molecule has 0 fully saturated rings. The Morgan fingerprint density at radius 3 is 1.94 bits per heavy atom. The Bertz CT molecular complexity index is 291. The molecular weight excluding hydrogens is 224 g/mol. The van der Waals surface area contributed by atoms with E-state index in [2.05, 4.69) is 55.0 Å². The lowest BCUT2D eigenvalue weighted by molar-refractivity contribution is -0.147. The summed E-state index contributed by atoms with van der Waals surface area (Å²) in [5, 5.41) is 0. The number of hydrogen-bond acceptors (Lipinski definition) is 2. The monoisotopic (exact) mass is 254 g/mol. The third-order valence-corrected chi connectivity index (χ3v) is 3.63. The Balaban J connectivity index is 4.90. The van der Waals surface area contributed by atoms with E-state index in [1.54, 1.807) is 6.08 Å². The van der Waals surface area contributed by atoms with Crippen molar-refractivity contribution in [3.8, 4) is 0 Å². The molecule has 2 heteroatoms. The van der Waals surface area contributed by atoms with Gasteiger partial charge in [0.05, 0.1) is 6.42 Å². The van der Waals surface area contributed by atoms with E-state index in [9.17, 15) is 4.79 Å². The molecule has 0 aliphatic carbocycles. The van der Waals surface area contributed by atoms with E-state index in [0.717, 1.165) is 6.42 Å². The van der Waals surface area contributed by atoms with Gasteiger partial charge in [-0.25, -0.2) is 0 Å². The van der Waals surface area contributed by atoms with E-state index in [1.807, 2.05) is 0 Å². The van der Waals surface area contributed by atoms with Crippen LogP contribution in [0.5, 0.6) is 0 Å². The highest BCUT2D eigenvalue weighted by Gasteiger charge is 2.42. The smallest absolute Gasteiger partial charge is 0.306 e. The summed E-state index contributed by atoms with van der Waals surface area (Å²) in [6.07, 6.45) is 3.06. The van der Waals surface area contributed by atoms with Crippen molar-refractivity contribution in [1.29, 1.82) is 0 Å². The van der Waals surface area contributed by atoms with Crippen molar-refractivity contribution in [2.75, 3.05) is 6.61 Å². The molecule has 106 valence electrons. The van der Waals surface area contributed by atoms with Crippen LogP contribution in [0.4, 0.5) is 0 Å². The molecule has 1 atom stereocenters. The average molecular weight is 254 g/mol. The highest BCUT2D eigenvalue weighted by molar-refractivity contribution is 5.70. The van der Waals surface area contributed by atoms with Gasteiger partial charge in [-0.1, -0.05) is 61.1 Å². The summed E-state index contributed by atoms with van der Waals surface area (Å²) in [4.78, 5) is 11.9. The van der Waals surface area contributed by atoms with Crippen LogP contribution in [0, 0.1) is 16.2 Å². The first kappa shape index (κ1) is 17.2. The summed E-state index contributed by atoms with van der Waals surface area (Å²) in [5.41, 5.74) is 0.192. The molecule has 18 heavy (non-hydrogen) atoms. The number of carbonyl (C=O) groups is 1. The average Bonchev–Trinajstić information content (AvgIpc) is 2.09. The molecule has 0 rings (SSSR count). The van der Waals surface area contributed by atoms with Gasteiger partial charge in [0.15, 0.2) is 0 Å². The van der Waals surface area contributed by atoms with Gasteiger partial charge < -0.3 is 4.74 Å². The predicted octanol–water partition coefficient (Wildman–Crippen LogP) is 4.59. The largest absolute Gasteiger partial charge is 0.461 e. The van der Waals surface area contributed by atoms with Gasteiger partial charge >= 0.3 is 5.97 Å². The van der Waals surface area contributed by atoms with Crippen LogP contribution in [-0.2, 0) is 9.53 Å². The molecule has 0 aromatic carbocycles. The number of carbonyl (C=O) groups excluding carboxylic acids is 1. The standard InChI is InChI=1S/C16H30O2/c1-9-10-18-13(17)11-16(8,15(5,6)7)12-14(2,3)4/h9H,1,10-12H2,2-8H3. The Kier molecular flexibility index (Phi) is 5.64. The van der Waals surface area contributed by atoms with E-state index in [-0.39, 0.29) is 22.2 Å². The second kappa shape index (κ2) is 5.90. The zero-order chi connectivity index (χ0) is 14.6. The van der Waals surface area contributed by atoms with E-state index in [1.165, 1.54) is 0 Å². The predicted molar refractivity (Wildman–Crippen MR) is 77.4 cm³/mol. The summed E-state index contributed by atoms with van der Waals surface area (Å²) < 4.78 is 5.14. The first-order valence-corrected chi connectivity index (χ1v) is 6.68. The number of hydrogen-bond donors (Lipinski definition) is 0. The molecule has 0 aliphatic rings. The third kappa shape index (κ3) is 5.70. The van der Waals surface area contributed by atoms with Crippen molar-refractivity contribution in [2.24, 2.45) is 16.2 Å². The van der Waals surface area contributed by atoms with Crippen molar-refractivity contribution in [3.63, 3.8) is 0 Å². The molecule has 0 saturated carbocycles. The van der Waals surface area contributed by atoms with Crippen LogP contribution < -0.4 is 0 Å². The van der Waals surface area contributed by atoms with Crippen molar-refractivity contribution in [3.05, 3.63) is 12.7 Å². The number of esters is 1. The highest BCUT2D eigenvalue weighted by Crippen LogP contribution is 2.49. The molecule has 0 heterocycles. The maximum atomic E-state index is 11.9. The number of rotatable bonds is 5. The Hall–Kier alpha value is -0.790. The molecule has 0 aromatic heterocycles. The van der Waals surface area contributed by atoms with Crippen LogP contribution in [0.3, 0.4) is 0 Å². The van der Waals surface area contributed by atoms with Crippen LogP contribution >= 0.6 is 0 Å². The SMILES string of the molecule is C=CCOC(=O)CC(C)(CC(C)(C)C)C(C)(C)C. The van der Waals surface area contributed by atoms with Crippen LogP contribution in [0.15, 0.2) is 12.7 Å². The van der Waals surface area contributed by atoms with Gasteiger partial charge in [-0.3, -0.25) is 4.79 Å². The van der Waals surface area contributed by atoms with Gasteiger partial charge in [0.1, 0.15) is 6.61 Å². The summed E-state index contributed by atoms with van der Waals surface area (Å²) in [6, 6.07) is 0. The Labute approximate surface area is 113 Å². The van der Waals surface area contributed by atoms with Crippen molar-refractivity contribution < 1.29 is 9.53 Å². The summed E-state index contributed by atoms with van der Waals surface area (Å²) in [6.45, 7) is 19.3. The van der Waals surface area contributed by atoms with E-state index in [0.29, 0.717) is 13.0 Å². The molecule has 0 N–H and O–H groups in total. The molecule has 0 radical (unpaired) electrons. The third-order valence-electron chi connectivity index (χ3n) is 3.63. The molecule has 0 bridgehead atoms. The summed E-state index contributed by atoms with van der Waals surface area (Å²) >= 11 is 0. The summed E-state index contributed by atoms with van der Waals surface area (Å²) in [5.74, 6) is -0.128. The first-order valence-electron chi connectivity index (χ1n) is 6.68. The van der Waals surface area contributed by atoms with Gasteiger partial charge in [-0.15, -0.1) is 0 Å². The second-order valence-electron chi connectivity index (χ2n) is 7.70. The molecule has 0 saturated heterocycles. The van der Waals surface area contributed by atoms with Crippen LogP contribution in [0.1, 0.15) is 61.3 Å². The molecule has 0 amide bonds. The molecule has 0 aliphatic heterocycles. The van der Waals surface area contributed by atoms with Gasteiger partial charge in [0, 0.05) is 0 Å². The van der Waals surface area contributed by atoms with Gasteiger partial charge in [0.2, 0.25) is 0 Å². The van der Waals surface area contributed by atoms with E-state index >= 15 is 0 Å². The molecule has 2 nitrogen and oxygen atoms in total. The molecule has 1 unspecified atom stereocenters. The minimum absolute atomic E-state index is 0.0630. The van der Waals surface area contributed by atoms with Crippen molar-refractivity contribution >= 4 is 5.97 Å². The molecule has 0 aromatic rings. The Morgan fingerprint density at radius 1 is 1.11 bits per heavy atom. The van der Waals surface area contributed by atoms with Crippen LogP contribution in [0.2, 0.25) is 0 Å². The maximum absolute atomic E-state index is 11.9. The van der Waals surface area contributed by atoms with Crippen LogP contribution in [-0.4, -0.2) is 12.6 Å². The lowest BCUT2D eigenvalue weighted by Crippen LogP contribution is -2.38. The maximum Gasteiger partial charge on any atom is 0.306 e. The highest BCUT2D eigenvalue weighted by atomic mass is 16.5. The fourth-order valence-electron chi connectivity index (χ4n) is 2.28. The van der Waals surface area contributed by atoms with Crippen LogP contribution in [0.25, 0.3) is 0 Å². The fourth-order valence-corrected chi connectivity index (χ4v) is 2.28. The van der Waals surface area contributed by atoms with Gasteiger partial charge in [-0.05, 0) is 22.7 Å². The van der Waals surface area contributed by atoms with Gasteiger partial charge in [-0.2, -0.15) is 0 Å². The normalized spacial score (nSPS) is 15.9. The summed E-state index contributed by atoms with van der Waals surface area (Å²) in [7, 11) is 0. The topological polar surface area (TPSA) is 26.3 Å². The lowest BCUT2D eigenvalue weighted by atomic mass is 9.60. The Morgan fingerprint density at radius 2 is 1.61 bits per heavy atom. The zero-order valence-corrected chi connectivity index (χ0v) is 13.2. The van der Waals surface area contributed by atoms with Crippen molar-refractivity contribution in [2.45, 2.75) is 61.3 Å². The molecule has 0 spiro atoms. The second-order valence-corrected chi connectivity index (χ2v) is 7.70. The zero-order valence-electron chi connectivity index (χ0n) is 13.2. The quantitative estimate of drug-likeness (QED) is 0.529. The van der Waals surface area contributed by atoms with E-state index < -0.39 is 0 Å². The lowest BCUT2D eigenvalue weighted by Gasteiger charge is -2.45. The molecular formula is C16H30O2. The first-order chi connectivity index (χ1) is 7.91. The van der Waals surface area contributed by atoms with Gasteiger partial charge in [0.25, 0.3) is 0 Å².